The fourth-order valence-electron chi connectivity index (χ4n) is 1.93. The van der Waals surface area contributed by atoms with Crippen molar-refractivity contribution in [1.82, 2.24) is 4.98 Å². The highest BCUT2D eigenvalue weighted by Crippen LogP contribution is 2.30. The van der Waals surface area contributed by atoms with Gasteiger partial charge in [0.15, 0.2) is 5.13 Å². The van der Waals surface area contributed by atoms with Crippen LogP contribution in [0.15, 0.2) is 24.3 Å². The molecule has 0 aliphatic carbocycles. The molecule has 0 unspecified atom stereocenters. The van der Waals surface area contributed by atoms with E-state index in [-0.39, 0.29) is 0 Å². The molecule has 0 saturated heterocycles. The molecule has 19 heavy (non-hydrogen) atoms. The van der Waals surface area contributed by atoms with E-state index < -0.39 is 0 Å². The van der Waals surface area contributed by atoms with E-state index in [0.717, 1.165) is 23.8 Å². The second-order valence-electron chi connectivity index (χ2n) is 5.25. The monoisotopic (exact) mass is 274 g/mol. The van der Waals surface area contributed by atoms with E-state index in [1.165, 1.54) is 16.0 Å². The number of anilines is 1. The topological polar surface area (TPSA) is 24.9 Å². The number of benzene rings is 1. The van der Waals surface area contributed by atoms with Gasteiger partial charge in [0, 0.05) is 17.0 Å². The third-order valence-corrected chi connectivity index (χ3v) is 4.02. The summed E-state index contributed by atoms with van der Waals surface area (Å²) < 4.78 is 0. The lowest BCUT2D eigenvalue weighted by molar-refractivity contribution is 0.688. The highest BCUT2D eigenvalue weighted by Gasteiger charge is 2.09. The fraction of sp³-hybridized carbons (Fsp3) is 0.438. The number of aryl methyl sites for hydroxylation is 2. The Morgan fingerprint density at radius 1 is 1.21 bits per heavy atom. The van der Waals surface area contributed by atoms with E-state index in [1.54, 1.807) is 11.3 Å². The third kappa shape index (κ3) is 3.57. The molecule has 102 valence electrons. The Morgan fingerprint density at radius 3 is 2.47 bits per heavy atom. The lowest BCUT2D eigenvalue weighted by Crippen LogP contribution is -2.07. The van der Waals surface area contributed by atoms with E-state index in [1.807, 2.05) is 0 Å². The van der Waals surface area contributed by atoms with Gasteiger partial charge in [0.25, 0.3) is 0 Å². The molecule has 1 heterocycles. The predicted octanol–water partition coefficient (Wildman–Crippen LogP) is 4.75. The van der Waals surface area contributed by atoms with Crippen LogP contribution in [-0.4, -0.2) is 11.5 Å². The molecule has 0 saturated carbocycles. The van der Waals surface area contributed by atoms with Crippen LogP contribution in [0, 0.1) is 12.8 Å². The standard InChI is InChI=1S/C16H22N2S/c1-5-13-6-8-14(9-7-13)15-12(4)19-16(18-15)17-10-11(2)3/h6-9,11H,5,10H2,1-4H3,(H,17,18). The Morgan fingerprint density at radius 2 is 1.89 bits per heavy atom. The SMILES string of the molecule is CCc1ccc(-c2nc(NCC(C)C)sc2C)cc1. The minimum Gasteiger partial charge on any atom is -0.361 e. The van der Waals surface area contributed by atoms with Gasteiger partial charge in [0.1, 0.15) is 0 Å². The summed E-state index contributed by atoms with van der Waals surface area (Å²) in [6.07, 6.45) is 1.08. The van der Waals surface area contributed by atoms with Crippen molar-refractivity contribution >= 4 is 16.5 Å². The van der Waals surface area contributed by atoms with Gasteiger partial charge in [0.05, 0.1) is 5.69 Å². The Kier molecular flexibility index (Phi) is 4.59. The lowest BCUT2D eigenvalue weighted by Gasteiger charge is -2.04. The highest BCUT2D eigenvalue weighted by molar-refractivity contribution is 7.16. The first-order valence-electron chi connectivity index (χ1n) is 6.90. The van der Waals surface area contributed by atoms with Gasteiger partial charge < -0.3 is 5.32 Å². The Hall–Kier alpha value is -1.35. The molecule has 0 fully saturated rings. The molecule has 2 nitrogen and oxygen atoms in total. The van der Waals surface area contributed by atoms with E-state index in [9.17, 15) is 0 Å². The Labute approximate surface area is 119 Å². The molecule has 0 atom stereocenters. The van der Waals surface area contributed by atoms with Gasteiger partial charge in [0.2, 0.25) is 0 Å². The van der Waals surface area contributed by atoms with E-state index in [2.05, 4.69) is 57.3 Å². The highest BCUT2D eigenvalue weighted by atomic mass is 32.1. The molecule has 0 aliphatic heterocycles. The van der Waals surface area contributed by atoms with Crippen molar-refractivity contribution in [1.29, 1.82) is 0 Å². The number of hydrogen-bond donors (Lipinski definition) is 1. The molecule has 3 heteroatoms. The van der Waals surface area contributed by atoms with E-state index in [0.29, 0.717) is 5.92 Å². The summed E-state index contributed by atoms with van der Waals surface area (Å²) in [6, 6.07) is 8.73. The molecule has 1 N–H and O–H groups in total. The molecular formula is C16H22N2S. The van der Waals surface area contributed by atoms with Gasteiger partial charge in [-0.25, -0.2) is 4.98 Å². The van der Waals surface area contributed by atoms with Crippen molar-refractivity contribution in [2.24, 2.45) is 5.92 Å². The average molecular weight is 274 g/mol. The molecular weight excluding hydrogens is 252 g/mol. The first-order valence-corrected chi connectivity index (χ1v) is 7.72. The fourth-order valence-corrected chi connectivity index (χ4v) is 2.77. The zero-order valence-corrected chi connectivity index (χ0v) is 13.0. The van der Waals surface area contributed by atoms with Crippen LogP contribution < -0.4 is 5.32 Å². The molecule has 0 bridgehead atoms. The van der Waals surface area contributed by atoms with Gasteiger partial charge in [-0.1, -0.05) is 45.0 Å². The number of nitrogens with zero attached hydrogens (tertiary/aromatic N) is 1. The van der Waals surface area contributed by atoms with Gasteiger partial charge in [-0.15, -0.1) is 11.3 Å². The van der Waals surface area contributed by atoms with Crippen LogP contribution in [0.5, 0.6) is 0 Å². The second kappa shape index (κ2) is 6.20. The van der Waals surface area contributed by atoms with Crippen LogP contribution in [0.25, 0.3) is 11.3 Å². The average Bonchev–Trinajstić information content (AvgIpc) is 2.78. The molecule has 0 aliphatic rings. The van der Waals surface area contributed by atoms with Crippen molar-refractivity contribution in [3.8, 4) is 11.3 Å². The Balaban J connectivity index is 2.19. The molecule has 2 rings (SSSR count). The van der Waals surface area contributed by atoms with Crippen molar-refractivity contribution in [3.05, 3.63) is 34.7 Å². The maximum Gasteiger partial charge on any atom is 0.183 e. The normalized spacial score (nSPS) is 11.0. The second-order valence-corrected chi connectivity index (χ2v) is 6.45. The van der Waals surface area contributed by atoms with E-state index in [4.69, 9.17) is 4.98 Å². The number of rotatable bonds is 5. The predicted molar refractivity (Wildman–Crippen MR) is 85.0 cm³/mol. The molecule has 0 radical (unpaired) electrons. The van der Waals surface area contributed by atoms with Gasteiger partial charge in [-0.3, -0.25) is 0 Å². The molecule has 1 aromatic heterocycles. The maximum absolute atomic E-state index is 4.71. The summed E-state index contributed by atoms with van der Waals surface area (Å²) in [5.74, 6) is 0.636. The number of thiazole rings is 1. The van der Waals surface area contributed by atoms with E-state index >= 15 is 0 Å². The summed E-state index contributed by atoms with van der Waals surface area (Å²) in [5, 5.41) is 4.43. The quantitative estimate of drug-likeness (QED) is 0.851. The van der Waals surface area contributed by atoms with Crippen LogP contribution in [-0.2, 0) is 6.42 Å². The molecule has 2 aromatic rings. The van der Waals surface area contributed by atoms with Crippen molar-refractivity contribution in [2.45, 2.75) is 34.1 Å². The molecule has 0 amide bonds. The number of nitrogens with one attached hydrogen (secondary N) is 1. The first-order chi connectivity index (χ1) is 9.10. The van der Waals surface area contributed by atoms with Crippen LogP contribution in [0.1, 0.15) is 31.2 Å². The summed E-state index contributed by atoms with van der Waals surface area (Å²) in [7, 11) is 0. The van der Waals surface area contributed by atoms with Crippen molar-refractivity contribution in [2.75, 3.05) is 11.9 Å². The van der Waals surface area contributed by atoms with Gasteiger partial charge in [-0.2, -0.15) is 0 Å². The summed E-state index contributed by atoms with van der Waals surface area (Å²) >= 11 is 1.74. The van der Waals surface area contributed by atoms with Crippen molar-refractivity contribution < 1.29 is 0 Å². The number of aromatic nitrogens is 1. The summed E-state index contributed by atoms with van der Waals surface area (Å²) in [5.41, 5.74) is 3.69. The van der Waals surface area contributed by atoms with Gasteiger partial charge >= 0.3 is 0 Å². The van der Waals surface area contributed by atoms with Crippen LogP contribution in [0.4, 0.5) is 5.13 Å². The minimum absolute atomic E-state index is 0.636. The zero-order valence-electron chi connectivity index (χ0n) is 12.2. The lowest BCUT2D eigenvalue weighted by atomic mass is 10.1. The van der Waals surface area contributed by atoms with Crippen LogP contribution in [0.3, 0.4) is 0 Å². The van der Waals surface area contributed by atoms with Crippen LogP contribution >= 0.6 is 11.3 Å². The van der Waals surface area contributed by atoms with Crippen molar-refractivity contribution in [3.63, 3.8) is 0 Å². The minimum atomic E-state index is 0.636. The Bertz CT molecular complexity index is 526. The zero-order chi connectivity index (χ0) is 13.8. The maximum atomic E-state index is 4.71. The third-order valence-electron chi connectivity index (χ3n) is 3.09. The van der Waals surface area contributed by atoms with Crippen LogP contribution in [0.2, 0.25) is 0 Å². The summed E-state index contributed by atoms with van der Waals surface area (Å²) in [4.78, 5) is 5.99. The molecule has 0 spiro atoms. The first kappa shape index (κ1) is 14.1. The summed E-state index contributed by atoms with van der Waals surface area (Å²) in [6.45, 7) is 9.70. The molecule has 1 aromatic carbocycles. The largest absolute Gasteiger partial charge is 0.361 e. The smallest absolute Gasteiger partial charge is 0.183 e. The number of hydrogen-bond acceptors (Lipinski definition) is 3. The van der Waals surface area contributed by atoms with Gasteiger partial charge in [-0.05, 0) is 24.8 Å².